The smallest absolute Gasteiger partial charge is 0.240 e. The zero-order valence-corrected chi connectivity index (χ0v) is 20.5. The monoisotopic (exact) mass is 480 g/mol. The summed E-state index contributed by atoms with van der Waals surface area (Å²) in [4.78, 5) is 12.6. The molecule has 3 aromatic carbocycles. The minimum absolute atomic E-state index is 0.273. The summed E-state index contributed by atoms with van der Waals surface area (Å²) in [6, 6.07) is 26.6. The molecule has 0 spiro atoms. The minimum atomic E-state index is -3.64. The Hall–Kier alpha value is -3.32. The van der Waals surface area contributed by atoms with E-state index in [1.165, 1.54) is 5.56 Å². The zero-order valence-electron chi connectivity index (χ0n) is 19.7. The van der Waals surface area contributed by atoms with Gasteiger partial charge in [0.2, 0.25) is 15.9 Å². The van der Waals surface area contributed by atoms with E-state index in [0.717, 1.165) is 29.0 Å². The average molecular weight is 481 g/mol. The molecule has 0 bridgehead atoms. The first kappa shape index (κ1) is 25.3. The molecule has 3 aromatic rings. The van der Waals surface area contributed by atoms with Gasteiger partial charge in [-0.05, 0) is 47.7 Å². The fraction of sp³-hybridized carbons (Fsp3) is 0.296. The molecular weight excluding hydrogens is 448 g/mol. The molecule has 0 aliphatic heterocycles. The van der Waals surface area contributed by atoms with Crippen molar-refractivity contribution in [2.45, 2.75) is 26.4 Å². The van der Waals surface area contributed by atoms with E-state index in [1.807, 2.05) is 48.5 Å². The third kappa shape index (κ3) is 7.92. The lowest BCUT2D eigenvalue weighted by atomic mass is 9.97. The van der Waals surface area contributed by atoms with Crippen LogP contribution in [0.3, 0.4) is 0 Å². The molecule has 0 aliphatic rings. The van der Waals surface area contributed by atoms with E-state index >= 15 is 0 Å². The molecular formula is C27H32N2O4S. The number of carbonyl (C=O) groups is 1. The topological polar surface area (TPSA) is 75.7 Å². The molecule has 1 unspecified atom stereocenters. The molecule has 1 N–H and O–H groups in total. The number of amides is 1. The molecule has 3 rings (SSSR count). The fourth-order valence-electron chi connectivity index (χ4n) is 3.60. The van der Waals surface area contributed by atoms with Crippen molar-refractivity contribution in [1.82, 2.24) is 5.32 Å². The Bertz CT molecular complexity index is 1130. The number of anilines is 1. The van der Waals surface area contributed by atoms with Crippen molar-refractivity contribution in [3.63, 3.8) is 0 Å². The summed E-state index contributed by atoms with van der Waals surface area (Å²) in [5.74, 6) is 0.567. The van der Waals surface area contributed by atoms with Crippen LogP contribution >= 0.6 is 0 Å². The quantitative estimate of drug-likeness (QED) is 0.416. The van der Waals surface area contributed by atoms with E-state index in [1.54, 1.807) is 24.3 Å². The second-order valence-corrected chi connectivity index (χ2v) is 10.2. The van der Waals surface area contributed by atoms with Crippen LogP contribution < -0.4 is 14.4 Å². The van der Waals surface area contributed by atoms with Crippen molar-refractivity contribution >= 4 is 21.6 Å². The first-order valence-corrected chi connectivity index (χ1v) is 13.2. The Morgan fingerprint density at radius 3 is 2.06 bits per heavy atom. The van der Waals surface area contributed by atoms with E-state index in [9.17, 15) is 13.2 Å². The van der Waals surface area contributed by atoms with Gasteiger partial charge < -0.3 is 10.1 Å². The average Bonchev–Trinajstić information content (AvgIpc) is 2.85. The number of nitrogens with zero attached hydrogens (tertiary/aromatic N) is 1. The lowest BCUT2D eigenvalue weighted by Crippen LogP contribution is -2.41. The summed E-state index contributed by atoms with van der Waals surface area (Å²) in [6.45, 7) is 2.73. The molecule has 0 heterocycles. The Balaban J connectivity index is 1.58. The van der Waals surface area contributed by atoms with E-state index in [0.29, 0.717) is 24.6 Å². The number of hydrogen-bond acceptors (Lipinski definition) is 4. The van der Waals surface area contributed by atoms with Crippen LogP contribution in [0.15, 0.2) is 84.9 Å². The van der Waals surface area contributed by atoms with Crippen LogP contribution in [0.25, 0.3) is 0 Å². The van der Waals surface area contributed by atoms with Crippen LogP contribution in [0.1, 0.15) is 24.5 Å². The highest BCUT2D eigenvalue weighted by atomic mass is 32.2. The van der Waals surface area contributed by atoms with Gasteiger partial charge in [-0.25, -0.2) is 8.42 Å². The zero-order chi connectivity index (χ0) is 24.4. The number of carbonyl (C=O) groups excluding carboxylic acids is 1. The van der Waals surface area contributed by atoms with Crippen molar-refractivity contribution in [2.75, 3.05) is 23.7 Å². The molecule has 7 heteroatoms. The molecule has 1 atom stereocenters. The maximum absolute atomic E-state index is 12.6. The van der Waals surface area contributed by atoms with Crippen LogP contribution in [0.2, 0.25) is 0 Å². The molecule has 0 fully saturated rings. The predicted molar refractivity (Wildman–Crippen MR) is 136 cm³/mol. The highest BCUT2D eigenvalue weighted by molar-refractivity contribution is 7.92. The summed E-state index contributed by atoms with van der Waals surface area (Å²) in [5, 5.41) is 2.91. The molecule has 1 amide bonds. The molecule has 0 aromatic heterocycles. The van der Waals surface area contributed by atoms with Gasteiger partial charge in [0.15, 0.2) is 0 Å². The lowest BCUT2D eigenvalue weighted by Gasteiger charge is -2.23. The molecule has 180 valence electrons. The molecule has 0 aliphatic carbocycles. The Kier molecular flexibility index (Phi) is 9.10. The molecule has 0 saturated carbocycles. The number of benzene rings is 3. The Morgan fingerprint density at radius 2 is 1.50 bits per heavy atom. The van der Waals surface area contributed by atoms with E-state index < -0.39 is 10.0 Å². The van der Waals surface area contributed by atoms with Gasteiger partial charge in [-0.1, -0.05) is 74.0 Å². The van der Waals surface area contributed by atoms with Crippen molar-refractivity contribution < 1.29 is 17.9 Å². The van der Waals surface area contributed by atoms with Crippen molar-refractivity contribution in [3.05, 3.63) is 96.1 Å². The summed E-state index contributed by atoms with van der Waals surface area (Å²) < 4.78 is 31.7. The first-order chi connectivity index (χ1) is 16.3. The Labute approximate surface area is 202 Å². The van der Waals surface area contributed by atoms with Gasteiger partial charge in [0.25, 0.3) is 0 Å². The summed E-state index contributed by atoms with van der Waals surface area (Å²) in [7, 11) is -3.64. The number of hydrogen-bond donors (Lipinski definition) is 1. The van der Waals surface area contributed by atoms with Gasteiger partial charge in [0.05, 0.1) is 11.9 Å². The maximum atomic E-state index is 12.6. The summed E-state index contributed by atoms with van der Waals surface area (Å²) in [5.41, 5.74) is 2.68. The predicted octanol–water partition coefficient (Wildman–Crippen LogP) is 4.42. The van der Waals surface area contributed by atoms with E-state index in [4.69, 9.17) is 4.74 Å². The van der Waals surface area contributed by atoms with Crippen LogP contribution in [-0.2, 0) is 27.8 Å². The lowest BCUT2D eigenvalue weighted by molar-refractivity contribution is -0.119. The van der Waals surface area contributed by atoms with Crippen LogP contribution in [-0.4, -0.2) is 33.7 Å². The van der Waals surface area contributed by atoms with E-state index in [-0.39, 0.29) is 18.4 Å². The second-order valence-electron chi connectivity index (χ2n) is 8.31. The maximum Gasteiger partial charge on any atom is 0.240 e. The largest absolute Gasteiger partial charge is 0.489 e. The highest BCUT2D eigenvalue weighted by Crippen LogP contribution is 2.22. The van der Waals surface area contributed by atoms with Crippen molar-refractivity contribution in [1.29, 1.82) is 0 Å². The first-order valence-electron chi connectivity index (χ1n) is 11.4. The molecule has 6 nitrogen and oxygen atoms in total. The third-order valence-electron chi connectivity index (χ3n) is 5.59. The van der Waals surface area contributed by atoms with Gasteiger partial charge in [-0.15, -0.1) is 0 Å². The third-order valence-corrected chi connectivity index (χ3v) is 6.73. The second kappa shape index (κ2) is 12.2. The Morgan fingerprint density at radius 1 is 0.912 bits per heavy atom. The molecule has 34 heavy (non-hydrogen) atoms. The highest BCUT2D eigenvalue weighted by Gasteiger charge is 2.21. The van der Waals surface area contributed by atoms with Gasteiger partial charge >= 0.3 is 0 Å². The SMILES string of the molecule is CCC(CNC(=O)CN(c1ccc(OCc2ccccc2)cc1)S(C)(=O)=O)Cc1ccccc1. The van der Waals surface area contributed by atoms with Crippen molar-refractivity contribution in [2.24, 2.45) is 5.92 Å². The number of sulfonamides is 1. The fourth-order valence-corrected chi connectivity index (χ4v) is 4.46. The van der Waals surface area contributed by atoms with Gasteiger partial charge in [-0.3, -0.25) is 9.10 Å². The van der Waals surface area contributed by atoms with Crippen molar-refractivity contribution in [3.8, 4) is 5.75 Å². The van der Waals surface area contributed by atoms with Crippen LogP contribution in [0, 0.1) is 5.92 Å². The van der Waals surface area contributed by atoms with Gasteiger partial charge in [0.1, 0.15) is 18.9 Å². The number of rotatable bonds is 12. The molecule has 0 saturated heterocycles. The van der Waals surface area contributed by atoms with Crippen LogP contribution in [0.5, 0.6) is 5.75 Å². The number of nitrogens with one attached hydrogen (secondary N) is 1. The minimum Gasteiger partial charge on any atom is -0.489 e. The van der Waals surface area contributed by atoms with Gasteiger partial charge in [0, 0.05) is 6.54 Å². The van der Waals surface area contributed by atoms with Gasteiger partial charge in [-0.2, -0.15) is 0 Å². The molecule has 0 radical (unpaired) electrons. The summed E-state index contributed by atoms with van der Waals surface area (Å²) in [6.07, 6.45) is 2.87. The summed E-state index contributed by atoms with van der Waals surface area (Å²) >= 11 is 0. The van der Waals surface area contributed by atoms with Crippen LogP contribution in [0.4, 0.5) is 5.69 Å². The standard InChI is InChI=1S/C27H32N2O4S/c1-3-22(18-23-10-6-4-7-11-23)19-28-27(30)20-29(34(2,31)32)25-14-16-26(17-15-25)33-21-24-12-8-5-9-13-24/h4-17,22H,3,18-21H2,1-2H3,(H,28,30). The number of ether oxygens (including phenoxy) is 1. The van der Waals surface area contributed by atoms with E-state index in [2.05, 4.69) is 24.4 Å². The normalized spacial score (nSPS) is 12.1.